The summed E-state index contributed by atoms with van der Waals surface area (Å²) in [6.45, 7) is 6.00. The highest BCUT2D eigenvalue weighted by Gasteiger charge is 2.07. The van der Waals surface area contributed by atoms with Gasteiger partial charge >= 0.3 is 0 Å². The maximum atomic E-state index is 13.0. The van der Waals surface area contributed by atoms with Gasteiger partial charge in [0.25, 0.3) is 0 Å². The first-order valence-electron chi connectivity index (χ1n) is 5.86. The third-order valence-corrected chi connectivity index (χ3v) is 4.62. The summed E-state index contributed by atoms with van der Waals surface area (Å²) in [6.07, 6.45) is 0. The lowest BCUT2D eigenvalue weighted by Gasteiger charge is -2.07. The third kappa shape index (κ3) is 3.54. The van der Waals surface area contributed by atoms with Gasteiger partial charge in [0.15, 0.2) is 5.16 Å². The fourth-order valence-corrected chi connectivity index (χ4v) is 3.20. The second-order valence-corrected chi connectivity index (χ2v) is 6.12. The number of thioether (sulfide) groups is 1. The van der Waals surface area contributed by atoms with Crippen molar-refractivity contribution in [2.45, 2.75) is 31.7 Å². The smallest absolute Gasteiger partial charge is 0.188 e. The van der Waals surface area contributed by atoms with Crippen LogP contribution in [-0.4, -0.2) is 9.97 Å². The molecular weight excluding hydrogens is 327 g/mol. The molecule has 0 aliphatic carbocycles. The molecule has 0 unspecified atom stereocenters. The molecule has 1 aromatic heterocycles. The van der Waals surface area contributed by atoms with Crippen LogP contribution in [0.3, 0.4) is 0 Å². The van der Waals surface area contributed by atoms with Crippen molar-refractivity contribution in [2.75, 3.05) is 0 Å². The molecule has 19 heavy (non-hydrogen) atoms. The molecule has 0 aliphatic heterocycles. The minimum absolute atomic E-state index is 0.237. The van der Waals surface area contributed by atoms with E-state index in [0.717, 1.165) is 32.1 Å². The molecule has 0 bridgehead atoms. The average molecular weight is 341 g/mol. The van der Waals surface area contributed by atoms with E-state index in [1.165, 1.54) is 12.1 Å². The first-order chi connectivity index (χ1) is 8.97. The standard InChI is InChI=1S/C14H14BrFN2S/c1-8-9(2)17-14(18-10(8)3)19-7-11-4-5-12(16)6-13(11)15/h4-6H,7H2,1-3H3. The summed E-state index contributed by atoms with van der Waals surface area (Å²) in [6, 6.07) is 4.72. The monoisotopic (exact) mass is 340 g/mol. The zero-order valence-corrected chi connectivity index (χ0v) is 13.4. The van der Waals surface area contributed by atoms with E-state index in [1.54, 1.807) is 17.8 Å². The van der Waals surface area contributed by atoms with Crippen molar-refractivity contribution < 1.29 is 4.39 Å². The predicted molar refractivity (Wildman–Crippen MR) is 79.9 cm³/mol. The van der Waals surface area contributed by atoms with E-state index in [1.807, 2.05) is 20.8 Å². The van der Waals surface area contributed by atoms with E-state index in [4.69, 9.17) is 0 Å². The van der Waals surface area contributed by atoms with Gasteiger partial charge in [0.2, 0.25) is 0 Å². The van der Waals surface area contributed by atoms with E-state index in [0.29, 0.717) is 5.75 Å². The minimum Gasteiger partial charge on any atom is -0.228 e. The molecule has 0 radical (unpaired) electrons. The average Bonchev–Trinajstić information content (AvgIpc) is 2.34. The van der Waals surface area contributed by atoms with Gasteiger partial charge in [0.1, 0.15) is 5.82 Å². The Hall–Kier alpha value is -0.940. The Morgan fingerprint density at radius 2 is 1.79 bits per heavy atom. The molecule has 0 fully saturated rings. The lowest BCUT2D eigenvalue weighted by molar-refractivity contribution is 0.626. The Labute approximate surface area is 125 Å². The van der Waals surface area contributed by atoms with Crippen LogP contribution in [0.4, 0.5) is 4.39 Å². The minimum atomic E-state index is -0.237. The van der Waals surface area contributed by atoms with Gasteiger partial charge in [-0.3, -0.25) is 0 Å². The number of benzene rings is 1. The van der Waals surface area contributed by atoms with Crippen LogP contribution in [0.5, 0.6) is 0 Å². The van der Waals surface area contributed by atoms with Gasteiger partial charge in [0, 0.05) is 21.6 Å². The van der Waals surface area contributed by atoms with Gasteiger partial charge in [-0.1, -0.05) is 33.8 Å². The van der Waals surface area contributed by atoms with E-state index in [9.17, 15) is 4.39 Å². The number of halogens is 2. The van der Waals surface area contributed by atoms with E-state index >= 15 is 0 Å². The highest BCUT2D eigenvalue weighted by Crippen LogP contribution is 2.26. The summed E-state index contributed by atoms with van der Waals surface area (Å²) in [4.78, 5) is 8.92. The van der Waals surface area contributed by atoms with Crippen molar-refractivity contribution >= 4 is 27.7 Å². The van der Waals surface area contributed by atoms with Crippen LogP contribution in [0.15, 0.2) is 27.8 Å². The molecule has 0 N–H and O–H groups in total. The van der Waals surface area contributed by atoms with Crippen LogP contribution < -0.4 is 0 Å². The fraction of sp³-hybridized carbons (Fsp3) is 0.286. The summed E-state index contributed by atoms with van der Waals surface area (Å²) in [5.74, 6) is 0.474. The van der Waals surface area contributed by atoms with Crippen molar-refractivity contribution in [3.05, 3.63) is 51.0 Å². The summed E-state index contributed by atoms with van der Waals surface area (Å²) in [5, 5.41) is 0.761. The molecule has 2 rings (SSSR count). The van der Waals surface area contributed by atoms with Crippen molar-refractivity contribution in [1.29, 1.82) is 0 Å². The summed E-state index contributed by atoms with van der Waals surface area (Å²) < 4.78 is 13.8. The quantitative estimate of drug-likeness (QED) is 0.603. The molecule has 0 saturated heterocycles. The summed E-state index contributed by atoms with van der Waals surface area (Å²) in [7, 11) is 0. The lowest BCUT2D eigenvalue weighted by atomic mass is 10.2. The number of aromatic nitrogens is 2. The molecule has 0 aliphatic rings. The van der Waals surface area contributed by atoms with Gasteiger partial charge in [0.05, 0.1) is 0 Å². The molecule has 5 heteroatoms. The van der Waals surface area contributed by atoms with Gasteiger partial charge in [-0.15, -0.1) is 0 Å². The van der Waals surface area contributed by atoms with Crippen LogP contribution in [0.25, 0.3) is 0 Å². The highest BCUT2D eigenvalue weighted by atomic mass is 79.9. The first kappa shape index (κ1) is 14.5. The molecule has 2 aromatic rings. The second-order valence-electron chi connectivity index (χ2n) is 4.33. The largest absolute Gasteiger partial charge is 0.228 e. The number of nitrogens with zero attached hydrogens (tertiary/aromatic N) is 2. The molecule has 0 amide bonds. The normalized spacial score (nSPS) is 10.8. The fourth-order valence-electron chi connectivity index (χ4n) is 1.59. The predicted octanol–water partition coefficient (Wildman–Crippen LogP) is 4.60. The zero-order valence-electron chi connectivity index (χ0n) is 11.0. The molecule has 0 atom stereocenters. The number of hydrogen-bond donors (Lipinski definition) is 0. The van der Waals surface area contributed by atoms with Crippen LogP contribution in [0, 0.1) is 26.6 Å². The number of hydrogen-bond acceptors (Lipinski definition) is 3. The van der Waals surface area contributed by atoms with E-state index in [2.05, 4.69) is 25.9 Å². The van der Waals surface area contributed by atoms with Crippen LogP contribution in [0.1, 0.15) is 22.5 Å². The van der Waals surface area contributed by atoms with Gasteiger partial charge < -0.3 is 0 Å². The van der Waals surface area contributed by atoms with Crippen molar-refractivity contribution in [2.24, 2.45) is 0 Å². The van der Waals surface area contributed by atoms with Crippen LogP contribution in [0.2, 0.25) is 0 Å². The van der Waals surface area contributed by atoms with Gasteiger partial charge in [-0.25, -0.2) is 14.4 Å². The highest BCUT2D eigenvalue weighted by molar-refractivity contribution is 9.10. The third-order valence-electron chi connectivity index (χ3n) is 2.98. The van der Waals surface area contributed by atoms with Gasteiger partial charge in [-0.2, -0.15) is 0 Å². The van der Waals surface area contributed by atoms with Crippen molar-refractivity contribution in [3.8, 4) is 0 Å². The summed E-state index contributed by atoms with van der Waals surface area (Å²) in [5.41, 5.74) is 4.18. The Morgan fingerprint density at radius 1 is 1.16 bits per heavy atom. The van der Waals surface area contributed by atoms with Crippen molar-refractivity contribution in [1.82, 2.24) is 9.97 Å². The van der Waals surface area contributed by atoms with E-state index in [-0.39, 0.29) is 5.82 Å². The number of aryl methyl sites for hydroxylation is 2. The molecule has 0 spiro atoms. The Morgan fingerprint density at radius 3 is 2.37 bits per heavy atom. The maximum Gasteiger partial charge on any atom is 0.188 e. The van der Waals surface area contributed by atoms with Gasteiger partial charge in [-0.05, 0) is 44.0 Å². The molecule has 100 valence electrons. The van der Waals surface area contributed by atoms with Crippen LogP contribution >= 0.6 is 27.7 Å². The van der Waals surface area contributed by atoms with E-state index < -0.39 is 0 Å². The first-order valence-corrected chi connectivity index (χ1v) is 7.64. The molecular formula is C14H14BrFN2S. The Balaban J connectivity index is 2.14. The second kappa shape index (κ2) is 6.01. The molecule has 1 heterocycles. The zero-order chi connectivity index (χ0) is 14.0. The Kier molecular flexibility index (Phi) is 4.58. The Bertz CT molecular complexity index is 593. The lowest BCUT2D eigenvalue weighted by Crippen LogP contribution is -1.98. The summed E-state index contributed by atoms with van der Waals surface area (Å²) >= 11 is 4.92. The molecule has 1 aromatic carbocycles. The SMILES string of the molecule is Cc1nc(SCc2ccc(F)cc2Br)nc(C)c1C. The van der Waals surface area contributed by atoms with Crippen molar-refractivity contribution in [3.63, 3.8) is 0 Å². The molecule has 0 saturated carbocycles. The number of rotatable bonds is 3. The topological polar surface area (TPSA) is 25.8 Å². The van der Waals surface area contributed by atoms with Crippen LogP contribution in [-0.2, 0) is 5.75 Å². The maximum absolute atomic E-state index is 13.0. The molecule has 2 nitrogen and oxygen atoms in total.